The second-order valence-corrected chi connectivity index (χ2v) is 14.9. The van der Waals surface area contributed by atoms with Gasteiger partial charge in [-0.05, 0) is 37.7 Å². The number of hydrogen-bond donors (Lipinski definition) is 8. The van der Waals surface area contributed by atoms with Gasteiger partial charge in [-0.15, -0.1) is 0 Å². The fourth-order valence-corrected chi connectivity index (χ4v) is 7.63. The number of phosphoric acid groups is 3. The molecule has 0 radical (unpaired) electrons. The highest BCUT2D eigenvalue weighted by molar-refractivity contribution is 7.66. The molecule has 2 fully saturated rings. The molecule has 1 saturated heterocycles. The lowest BCUT2D eigenvalue weighted by molar-refractivity contribution is -0.126. The highest BCUT2D eigenvalue weighted by Gasteiger charge is 2.43. The van der Waals surface area contributed by atoms with E-state index >= 15 is 0 Å². The van der Waals surface area contributed by atoms with E-state index in [2.05, 4.69) is 30.7 Å². The lowest BCUT2D eigenvalue weighted by Gasteiger charge is -2.25. The molecule has 1 aromatic rings. The minimum atomic E-state index is -5.76. The van der Waals surface area contributed by atoms with Gasteiger partial charge in [0, 0.05) is 37.7 Å². The molecule has 0 bridgehead atoms. The quantitative estimate of drug-likeness (QED) is 0.0694. The third-order valence-corrected chi connectivity index (χ3v) is 10.7. The zero-order valence-electron chi connectivity index (χ0n) is 23.8. The van der Waals surface area contributed by atoms with Crippen molar-refractivity contribution >= 4 is 41.4 Å². The molecule has 1 aliphatic heterocycles. The van der Waals surface area contributed by atoms with Crippen molar-refractivity contribution in [2.45, 2.75) is 57.5 Å². The third-order valence-electron chi connectivity index (χ3n) is 6.85. The molecular formula is C22H35N4O16P3. The summed E-state index contributed by atoms with van der Waals surface area (Å²) < 4.78 is 52.1. The van der Waals surface area contributed by atoms with Crippen LogP contribution in [0.5, 0.6) is 0 Å². The monoisotopic (exact) mass is 704 g/mol. The van der Waals surface area contributed by atoms with Crippen molar-refractivity contribution < 1.29 is 65.8 Å². The summed E-state index contributed by atoms with van der Waals surface area (Å²) in [7, 11) is -16.8. The first-order valence-electron chi connectivity index (χ1n) is 13.5. The van der Waals surface area contributed by atoms with Gasteiger partial charge in [-0.3, -0.25) is 28.5 Å². The van der Waals surface area contributed by atoms with Crippen LogP contribution in [0.1, 0.15) is 50.8 Å². The Kier molecular flexibility index (Phi) is 12.8. The van der Waals surface area contributed by atoms with E-state index in [1.165, 1.54) is 0 Å². The minimum Gasteiger partial charge on any atom is -0.390 e. The number of nitrogens with zero attached hydrogens (tertiary/aromatic N) is 1. The number of rotatable bonds is 14. The highest BCUT2D eigenvalue weighted by Crippen LogP contribution is 2.66. The van der Waals surface area contributed by atoms with Crippen LogP contribution in [0.4, 0.5) is 0 Å². The number of nitrogens with one attached hydrogen (secondary N) is 3. The summed E-state index contributed by atoms with van der Waals surface area (Å²) in [5.74, 6) is -0.0824. The van der Waals surface area contributed by atoms with Gasteiger partial charge in [0.2, 0.25) is 11.8 Å². The average Bonchev–Trinajstić information content (AvgIpc) is 3.27. The van der Waals surface area contributed by atoms with Crippen LogP contribution in [-0.4, -0.2) is 77.9 Å². The first-order valence-corrected chi connectivity index (χ1v) is 18.1. The van der Waals surface area contributed by atoms with Gasteiger partial charge in [0.05, 0.1) is 18.3 Å². The summed E-state index contributed by atoms with van der Waals surface area (Å²) in [5.41, 5.74) is -1.97. The Balaban J connectivity index is 1.53. The molecule has 1 aliphatic carbocycles. The molecule has 2 heterocycles. The van der Waals surface area contributed by atoms with Gasteiger partial charge < -0.3 is 40.1 Å². The number of aliphatic hydroxyl groups excluding tert-OH is 1. The molecule has 0 aromatic carbocycles. The zero-order chi connectivity index (χ0) is 33.6. The SMILES string of the molecule is CC1CCC(C(=O)NCCNC(=O)/C=C/c2cn([C@H]3C[C@@H](O)[C@@H](COP(=O)(O)OP(=O)(O)OP(=O)(O)O)O3)c(=O)[nH]c2=O)CC1. The fourth-order valence-electron chi connectivity index (χ4n) is 4.60. The first kappa shape index (κ1) is 37.2. The molecular weight excluding hydrogens is 669 g/mol. The van der Waals surface area contributed by atoms with Gasteiger partial charge in [0.1, 0.15) is 12.3 Å². The number of aromatic amines is 1. The number of phosphoric ester groups is 1. The Morgan fingerprint density at radius 3 is 2.33 bits per heavy atom. The van der Waals surface area contributed by atoms with Crippen LogP contribution in [0.25, 0.3) is 6.08 Å². The van der Waals surface area contributed by atoms with Gasteiger partial charge in [-0.2, -0.15) is 8.62 Å². The van der Waals surface area contributed by atoms with Crippen molar-refractivity contribution in [2.24, 2.45) is 11.8 Å². The maximum Gasteiger partial charge on any atom is 0.490 e. The molecule has 1 aromatic heterocycles. The zero-order valence-corrected chi connectivity index (χ0v) is 26.5. The van der Waals surface area contributed by atoms with Crippen LogP contribution >= 0.6 is 23.5 Å². The van der Waals surface area contributed by atoms with Gasteiger partial charge in [0.25, 0.3) is 5.56 Å². The van der Waals surface area contributed by atoms with Crippen LogP contribution in [0.15, 0.2) is 21.9 Å². The maximum absolute atomic E-state index is 12.4. The number of ether oxygens (including phenoxy) is 1. The minimum absolute atomic E-state index is 0.0399. The third kappa shape index (κ3) is 12.1. The summed E-state index contributed by atoms with van der Waals surface area (Å²) >= 11 is 0. The van der Waals surface area contributed by atoms with E-state index in [-0.39, 0.29) is 36.9 Å². The summed E-state index contributed by atoms with van der Waals surface area (Å²) in [6.07, 6.45) is 2.41. The number of aliphatic hydroxyl groups is 1. The first-order chi connectivity index (χ1) is 20.8. The molecule has 3 rings (SSSR count). The van der Waals surface area contributed by atoms with E-state index in [1.807, 2.05) is 4.98 Å². The predicted octanol–water partition coefficient (Wildman–Crippen LogP) is -0.400. The van der Waals surface area contributed by atoms with Gasteiger partial charge in [0.15, 0.2) is 0 Å². The van der Waals surface area contributed by atoms with Crippen LogP contribution in [0.2, 0.25) is 0 Å². The topological polar surface area (TPSA) is 302 Å². The maximum atomic E-state index is 12.4. The standard InChI is InChI=1S/C22H35N4O16P3/c1-13-2-4-14(5-3-13)20(29)24-9-8-23-18(28)7-6-15-11-26(22(31)25-21(15)30)19-10-16(27)17(40-19)12-39-44(35,36)42-45(37,38)41-43(32,33)34/h6-7,11,13-14,16-17,19,27H,2-5,8-10,12H2,1H3,(H,23,28)(H,24,29)(H,35,36)(H,37,38)(H,25,30,31)(H2,32,33,34)/b7-6+/t13?,14?,16-,17-,19-/m1/s1. The summed E-state index contributed by atoms with van der Waals surface area (Å²) in [4.78, 5) is 87.2. The Morgan fingerprint density at radius 2 is 1.69 bits per heavy atom. The second-order valence-electron chi connectivity index (χ2n) is 10.4. The smallest absolute Gasteiger partial charge is 0.390 e. The Bertz CT molecular complexity index is 1510. The van der Waals surface area contributed by atoms with Crippen molar-refractivity contribution in [3.63, 3.8) is 0 Å². The molecule has 1 saturated carbocycles. The molecule has 45 heavy (non-hydrogen) atoms. The van der Waals surface area contributed by atoms with Crippen molar-refractivity contribution in [2.75, 3.05) is 19.7 Å². The van der Waals surface area contributed by atoms with Crippen molar-refractivity contribution in [1.82, 2.24) is 20.2 Å². The van der Waals surface area contributed by atoms with Crippen molar-refractivity contribution in [1.29, 1.82) is 0 Å². The largest absolute Gasteiger partial charge is 0.490 e. The van der Waals surface area contributed by atoms with Crippen molar-refractivity contribution in [3.8, 4) is 0 Å². The molecule has 23 heteroatoms. The number of H-pyrrole nitrogens is 1. The molecule has 8 N–H and O–H groups in total. The molecule has 2 amide bonds. The normalized spacial score (nSPS) is 26.7. The number of amides is 2. The lowest BCUT2D eigenvalue weighted by atomic mass is 9.82. The number of aromatic nitrogens is 2. The van der Waals surface area contributed by atoms with E-state index < -0.39 is 65.7 Å². The van der Waals surface area contributed by atoms with Crippen molar-refractivity contribution in [3.05, 3.63) is 38.7 Å². The summed E-state index contributed by atoms with van der Waals surface area (Å²) in [6, 6.07) is 0. The lowest BCUT2D eigenvalue weighted by Crippen LogP contribution is -2.38. The molecule has 2 unspecified atom stereocenters. The van der Waals surface area contributed by atoms with Crippen LogP contribution in [0, 0.1) is 11.8 Å². The van der Waals surface area contributed by atoms with Gasteiger partial charge in [-0.1, -0.05) is 6.92 Å². The molecule has 2 aliphatic rings. The average molecular weight is 704 g/mol. The second kappa shape index (κ2) is 15.5. The highest BCUT2D eigenvalue weighted by atomic mass is 31.3. The van der Waals surface area contributed by atoms with E-state index in [9.17, 15) is 47.8 Å². The Morgan fingerprint density at radius 1 is 1.04 bits per heavy atom. The molecule has 254 valence electrons. The molecule has 20 nitrogen and oxygen atoms in total. The molecule has 5 atom stereocenters. The van der Waals surface area contributed by atoms with E-state index in [4.69, 9.17) is 14.5 Å². The van der Waals surface area contributed by atoms with Crippen LogP contribution in [-0.2, 0) is 41.2 Å². The Labute approximate surface area is 255 Å². The van der Waals surface area contributed by atoms with Gasteiger partial charge >= 0.3 is 29.2 Å². The predicted molar refractivity (Wildman–Crippen MR) is 152 cm³/mol. The molecule has 0 spiro atoms. The number of carbonyl (C=O) groups is 2. The van der Waals surface area contributed by atoms with E-state index in [1.54, 1.807) is 0 Å². The fraction of sp³-hybridized carbons (Fsp3) is 0.636. The summed E-state index contributed by atoms with van der Waals surface area (Å²) in [6.45, 7) is 1.52. The van der Waals surface area contributed by atoms with Crippen LogP contribution in [0.3, 0.4) is 0 Å². The number of carbonyl (C=O) groups excluding carboxylic acids is 2. The van der Waals surface area contributed by atoms with E-state index in [0.29, 0.717) is 5.92 Å². The number of hydrogen-bond acceptors (Lipinski definition) is 12. The Hall–Kier alpha value is -2.31. The summed E-state index contributed by atoms with van der Waals surface area (Å²) in [5, 5.41) is 15.6. The van der Waals surface area contributed by atoms with Crippen LogP contribution < -0.4 is 21.9 Å². The van der Waals surface area contributed by atoms with Gasteiger partial charge in [-0.25, -0.2) is 18.5 Å². The van der Waals surface area contributed by atoms with E-state index in [0.717, 1.165) is 48.6 Å².